The van der Waals surface area contributed by atoms with Gasteiger partial charge in [-0.3, -0.25) is 9.48 Å². The monoisotopic (exact) mass is 230 g/mol. The number of H-pyrrole nitrogens is 1. The molecule has 3 nitrogen and oxygen atoms in total. The lowest BCUT2D eigenvalue weighted by atomic mass is 10.0. The molecule has 0 aliphatic rings. The summed E-state index contributed by atoms with van der Waals surface area (Å²) in [6, 6.07) is 7.97. The van der Waals surface area contributed by atoms with Crippen molar-refractivity contribution in [2.24, 2.45) is 0 Å². The van der Waals surface area contributed by atoms with E-state index in [9.17, 15) is 4.79 Å². The highest BCUT2D eigenvalue weighted by Gasteiger charge is 2.09. The van der Waals surface area contributed by atoms with Crippen molar-refractivity contribution in [3.63, 3.8) is 0 Å². The molecule has 0 aliphatic heterocycles. The van der Waals surface area contributed by atoms with Crippen LogP contribution in [0.4, 0.5) is 0 Å². The standard InChI is InChI=1S/C14H18N2O/c1-3-4-9-16-14(17)13(10-15-16)12-8-6-5-7-11(12)2/h5-8,10,15H,3-4,9H2,1-2H3. The SMILES string of the molecule is CCCCn1[nH]cc(-c2ccccc2C)c1=O. The summed E-state index contributed by atoms with van der Waals surface area (Å²) in [4.78, 5) is 12.2. The number of aromatic nitrogens is 2. The molecule has 90 valence electrons. The Balaban J connectivity index is 2.38. The molecule has 1 aromatic carbocycles. The van der Waals surface area contributed by atoms with Crippen LogP contribution in [0.3, 0.4) is 0 Å². The van der Waals surface area contributed by atoms with Gasteiger partial charge in [0.25, 0.3) is 5.56 Å². The van der Waals surface area contributed by atoms with Gasteiger partial charge in [-0.1, -0.05) is 37.6 Å². The third-order valence-corrected chi connectivity index (χ3v) is 3.01. The first-order valence-electron chi connectivity index (χ1n) is 6.08. The Morgan fingerprint density at radius 2 is 2.00 bits per heavy atom. The fourth-order valence-corrected chi connectivity index (χ4v) is 1.96. The van der Waals surface area contributed by atoms with Crippen molar-refractivity contribution in [3.8, 4) is 11.1 Å². The van der Waals surface area contributed by atoms with Gasteiger partial charge in [0.15, 0.2) is 0 Å². The van der Waals surface area contributed by atoms with Gasteiger partial charge in [-0.25, -0.2) is 0 Å². The molecule has 17 heavy (non-hydrogen) atoms. The lowest BCUT2D eigenvalue weighted by Crippen LogP contribution is -2.17. The molecule has 2 rings (SSSR count). The van der Waals surface area contributed by atoms with Crippen LogP contribution in [0.15, 0.2) is 35.3 Å². The molecular weight excluding hydrogens is 212 g/mol. The van der Waals surface area contributed by atoms with Crippen LogP contribution in [0.2, 0.25) is 0 Å². The molecule has 3 heteroatoms. The lowest BCUT2D eigenvalue weighted by Gasteiger charge is -2.01. The average molecular weight is 230 g/mol. The van der Waals surface area contributed by atoms with E-state index in [1.165, 1.54) is 0 Å². The first-order chi connectivity index (χ1) is 8.24. The smallest absolute Gasteiger partial charge is 0.274 e. The largest absolute Gasteiger partial charge is 0.302 e. The first-order valence-corrected chi connectivity index (χ1v) is 6.08. The van der Waals surface area contributed by atoms with Crippen LogP contribution >= 0.6 is 0 Å². The number of hydrogen-bond acceptors (Lipinski definition) is 1. The van der Waals surface area contributed by atoms with Crippen molar-refractivity contribution < 1.29 is 0 Å². The summed E-state index contributed by atoms with van der Waals surface area (Å²) in [6.45, 7) is 4.91. The number of nitrogens with zero attached hydrogens (tertiary/aromatic N) is 1. The molecule has 0 saturated carbocycles. The zero-order chi connectivity index (χ0) is 12.3. The predicted octanol–water partition coefficient (Wildman–Crippen LogP) is 2.95. The minimum absolute atomic E-state index is 0.0766. The summed E-state index contributed by atoms with van der Waals surface area (Å²) in [7, 11) is 0. The van der Waals surface area contributed by atoms with E-state index in [-0.39, 0.29) is 5.56 Å². The number of hydrogen-bond donors (Lipinski definition) is 1. The summed E-state index contributed by atoms with van der Waals surface area (Å²) < 4.78 is 1.69. The minimum Gasteiger partial charge on any atom is -0.302 e. The van der Waals surface area contributed by atoms with Crippen LogP contribution in [0.1, 0.15) is 25.3 Å². The summed E-state index contributed by atoms with van der Waals surface area (Å²) >= 11 is 0. The van der Waals surface area contributed by atoms with Gasteiger partial charge in [-0.15, -0.1) is 0 Å². The minimum atomic E-state index is 0.0766. The summed E-state index contributed by atoms with van der Waals surface area (Å²) in [5.41, 5.74) is 2.99. The molecule has 0 saturated heterocycles. The van der Waals surface area contributed by atoms with E-state index < -0.39 is 0 Å². The second kappa shape index (κ2) is 5.04. The first kappa shape index (κ1) is 11.7. The van der Waals surface area contributed by atoms with Gasteiger partial charge in [0.2, 0.25) is 0 Å². The van der Waals surface area contributed by atoms with Crippen LogP contribution in [0, 0.1) is 6.92 Å². The van der Waals surface area contributed by atoms with Gasteiger partial charge in [-0.05, 0) is 24.5 Å². The van der Waals surface area contributed by atoms with Crippen molar-refractivity contribution in [2.45, 2.75) is 33.2 Å². The Morgan fingerprint density at radius 3 is 2.71 bits per heavy atom. The van der Waals surface area contributed by atoms with Crippen molar-refractivity contribution in [1.29, 1.82) is 0 Å². The van der Waals surface area contributed by atoms with E-state index in [4.69, 9.17) is 0 Å². The van der Waals surface area contributed by atoms with Crippen LogP contribution in [-0.4, -0.2) is 9.78 Å². The maximum absolute atomic E-state index is 12.2. The lowest BCUT2D eigenvalue weighted by molar-refractivity contribution is 0.557. The van der Waals surface area contributed by atoms with Crippen molar-refractivity contribution in [3.05, 3.63) is 46.4 Å². The second-order valence-electron chi connectivity index (χ2n) is 4.31. The zero-order valence-corrected chi connectivity index (χ0v) is 10.4. The number of aromatic amines is 1. The maximum atomic E-state index is 12.2. The van der Waals surface area contributed by atoms with Gasteiger partial charge in [0.05, 0.1) is 5.56 Å². The second-order valence-corrected chi connectivity index (χ2v) is 4.31. The van der Waals surface area contributed by atoms with Crippen LogP contribution in [0.5, 0.6) is 0 Å². The Hall–Kier alpha value is -1.77. The van der Waals surface area contributed by atoms with E-state index >= 15 is 0 Å². The third-order valence-electron chi connectivity index (χ3n) is 3.01. The number of rotatable bonds is 4. The van der Waals surface area contributed by atoms with Crippen LogP contribution < -0.4 is 5.56 Å². The van der Waals surface area contributed by atoms with Crippen molar-refractivity contribution in [2.75, 3.05) is 0 Å². The predicted molar refractivity (Wildman–Crippen MR) is 70.1 cm³/mol. The number of aryl methyl sites for hydroxylation is 2. The maximum Gasteiger partial charge on any atom is 0.274 e. The Labute approximate surface area is 101 Å². The molecule has 0 unspecified atom stereocenters. The number of unbranched alkanes of at least 4 members (excludes halogenated alkanes) is 1. The Kier molecular flexibility index (Phi) is 3.47. The normalized spacial score (nSPS) is 10.7. The average Bonchev–Trinajstić information content (AvgIpc) is 2.69. The molecule has 1 heterocycles. The van der Waals surface area contributed by atoms with E-state index in [1.54, 1.807) is 10.9 Å². The van der Waals surface area contributed by atoms with E-state index in [0.717, 1.165) is 36.1 Å². The molecule has 0 atom stereocenters. The molecule has 0 fully saturated rings. The summed E-state index contributed by atoms with van der Waals surface area (Å²) in [5, 5.41) is 3.04. The van der Waals surface area contributed by atoms with Gasteiger partial charge >= 0.3 is 0 Å². The molecular formula is C14H18N2O. The molecule has 1 aromatic heterocycles. The van der Waals surface area contributed by atoms with Gasteiger partial charge in [0, 0.05) is 12.7 Å². The molecule has 1 N–H and O–H groups in total. The van der Waals surface area contributed by atoms with Gasteiger partial charge in [-0.2, -0.15) is 0 Å². The summed E-state index contributed by atoms with van der Waals surface area (Å²) in [5.74, 6) is 0. The molecule has 0 spiro atoms. The van der Waals surface area contributed by atoms with E-state index in [2.05, 4.69) is 12.0 Å². The molecule has 0 bridgehead atoms. The van der Waals surface area contributed by atoms with E-state index in [1.807, 2.05) is 31.2 Å². The van der Waals surface area contributed by atoms with Gasteiger partial charge in [0.1, 0.15) is 0 Å². The number of benzene rings is 1. The van der Waals surface area contributed by atoms with Crippen LogP contribution in [-0.2, 0) is 6.54 Å². The van der Waals surface area contributed by atoms with Crippen molar-refractivity contribution in [1.82, 2.24) is 9.78 Å². The highest BCUT2D eigenvalue weighted by Crippen LogP contribution is 2.18. The molecule has 0 amide bonds. The van der Waals surface area contributed by atoms with Crippen LogP contribution in [0.25, 0.3) is 11.1 Å². The zero-order valence-electron chi connectivity index (χ0n) is 10.4. The fraction of sp³-hybridized carbons (Fsp3) is 0.357. The highest BCUT2D eigenvalue weighted by molar-refractivity contribution is 5.65. The quantitative estimate of drug-likeness (QED) is 0.861. The summed E-state index contributed by atoms with van der Waals surface area (Å²) in [6.07, 6.45) is 3.92. The molecule has 0 aliphatic carbocycles. The Morgan fingerprint density at radius 1 is 1.24 bits per heavy atom. The number of nitrogens with one attached hydrogen (secondary N) is 1. The molecule has 2 aromatic rings. The fourth-order valence-electron chi connectivity index (χ4n) is 1.96. The topological polar surface area (TPSA) is 37.8 Å². The highest BCUT2D eigenvalue weighted by atomic mass is 16.1. The van der Waals surface area contributed by atoms with Crippen molar-refractivity contribution >= 4 is 0 Å². The Bertz CT molecular complexity index is 551. The van der Waals surface area contributed by atoms with Gasteiger partial charge < -0.3 is 5.10 Å². The van der Waals surface area contributed by atoms with E-state index in [0.29, 0.717) is 0 Å². The third kappa shape index (κ3) is 2.33. The molecule has 0 radical (unpaired) electrons.